The predicted octanol–water partition coefficient (Wildman–Crippen LogP) is 2.81. The van der Waals surface area contributed by atoms with Crippen LogP contribution in [0.2, 0.25) is 0 Å². The highest BCUT2D eigenvalue weighted by molar-refractivity contribution is 7.98. The molecule has 0 atom stereocenters. The molecule has 0 saturated carbocycles. The second kappa shape index (κ2) is 6.68. The number of thioether (sulfide) groups is 1. The Morgan fingerprint density at radius 3 is 2.79 bits per heavy atom. The Balaban J connectivity index is 2.11. The van der Waals surface area contributed by atoms with Crippen LogP contribution in [0.25, 0.3) is 0 Å². The van der Waals surface area contributed by atoms with Gasteiger partial charge in [0.2, 0.25) is 5.88 Å². The van der Waals surface area contributed by atoms with E-state index in [2.05, 4.69) is 10.3 Å². The summed E-state index contributed by atoms with van der Waals surface area (Å²) < 4.78 is 6.86. The molecule has 3 rings (SSSR count). The first-order valence-electron chi connectivity index (χ1n) is 7.56. The maximum Gasteiger partial charge on any atom is 0.222 e. The van der Waals surface area contributed by atoms with Crippen LogP contribution < -0.4 is 4.74 Å². The van der Waals surface area contributed by atoms with Gasteiger partial charge in [-0.1, -0.05) is 5.16 Å². The van der Waals surface area contributed by atoms with Gasteiger partial charge in [-0.05, 0) is 30.9 Å². The Morgan fingerprint density at radius 1 is 1.38 bits per heavy atom. The first-order chi connectivity index (χ1) is 11.6. The number of aryl methyl sites for hydroxylation is 1. The molecule has 2 aromatic rings. The lowest BCUT2D eigenvalue weighted by Gasteiger charge is -2.14. The molecule has 1 aliphatic heterocycles. The third kappa shape index (κ3) is 2.69. The third-order valence-corrected chi connectivity index (χ3v) is 4.89. The Morgan fingerprint density at radius 2 is 2.17 bits per heavy atom. The predicted molar refractivity (Wildman–Crippen MR) is 93.3 cm³/mol. The van der Waals surface area contributed by atoms with Crippen LogP contribution in [0.4, 0.5) is 0 Å². The van der Waals surface area contributed by atoms with E-state index in [9.17, 15) is 4.79 Å². The molecule has 1 aliphatic rings. The van der Waals surface area contributed by atoms with E-state index in [1.807, 2.05) is 25.3 Å². The van der Waals surface area contributed by atoms with Crippen molar-refractivity contribution in [3.8, 4) is 5.88 Å². The van der Waals surface area contributed by atoms with Gasteiger partial charge in [-0.2, -0.15) is 5.10 Å². The highest BCUT2D eigenvalue weighted by Gasteiger charge is 2.24. The SMILES string of the molecule is COc1c(C(=O)c2ccc(SC)c(C3=NOCC3)c2C)cnn1C. The molecule has 1 aromatic carbocycles. The summed E-state index contributed by atoms with van der Waals surface area (Å²) in [5.74, 6) is 0.349. The summed E-state index contributed by atoms with van der Waals surface area (Å²) >= 11 is 1.64. The van der Waals surface area contributed by atoms with Crippen molar-refractivity contribution in [3.63, 3.8) is 0 Å². The van der Waals surface area contributed by atoms with Gasteiger partial charge in [0.05, 0.1) is 19.0 Å². The van der Waals surface area contributed by atoms with Crippen LogP contribution in [0, 0.1) is 6.92 Å². The highest BCUT2D eigenvalue weighted by Crippen LogP contribution is 2.31. The fraction of sp³-hybridized carbons (Fsp3) is 0.353. The molecule has 0 saturated heterocycles. The number of carbonyl (C=O) groups is 1. The van der Waals surface area contributed by atoms with E-state index in [4.69, 9.17) is 9.57 Å². The van der Waals surface area contributed by atoms with Gasteiger partial charge in [0.25, 0.3) is 0 Å². The number of hydrogen-bond donors (Lipinski definition) is 0. The molecular weight excluding hydrogens is 326 g/mol. The maximum absolute atomic E-state index is 13.0. The van der Waals surface area contributed by atoms with Crippen molar-refractivity contribution >= 4 is 23.3 Å². The minimum atomic E-state index is -0.106. The molecule has 0 spiro atoms. The number of hydrogen-bond acceptors (Lipinski definition) is 6. The van der Waals surface area contributed by atoms with Gasteiger partial charge in [0, 0.05) is 29.5 Å². The van der Waals surface area contributed by atoms with E-state index in [0.29, 0.717) is 23.6 Å². The van der Waals surface area contributed by atoms with Gasteiger partial charge in [-0.15, -0.1) is 11.8 Å². The largest absolute Gasteiger partial charge is 0.481 e. The van der Waals surface area contributed by atoms with Crippen molar-refractivity contribution in [2.75, 3.05) is 20.0 Å². The van der Waals surface area contributed by atoms with Gasteiger partial charge in [-0.25, -0.2) is 4.68 Å². The number of ketones is 1. The summed E-state index contributed by atoms with van der Waals surface area (Å²) in [7, 11) is 3.28. The smallest absolute Gasteiger partial charge is 0.222 e. The lowest BCUT2D eigenvalue weighted by molar-refractivity contribution is 0.103. The van der Waals surface area contributed by atoms with Crippen LogP contribution in [0.15, 0.2) is 28.4 Å². The summed E-state index contributed by atoms with van der Waals surface area (Å²) in [6.07, 6.45) is 4.31. The van der Waals surface area contributed by atoms with Crippen molar-refractivity contribution in [1.82, 2.24) is 9.78 Å². The monoisotopic (exact) mass is 345 g/mol. The average Bonchev–Trinajstić information content (AvgIpc) is 3.23. The molecule has 0 N–H and O–H groups in total. The molecular formula is C17H19N3O3S. The molecule has 24 heavy (non-hydrogen) atoms. The number of carbonyl (C=O) groups excluding carboxylic acids is 1. The van der Waals surface area contributed by atoms with Gasteiger partial charge < -0.3 is 9.57 Å². The van der Waals surface area contributed by atoms with Crippen LogP contribution in [0.1, 0.15) is 33.5 Å². The highest BCUT2D eigenvalue weighted by atomic mass is 32.2. The van der Waals surface area contributed by atoms with Gasteiger partial charge in [-0.3, -0.25) is 4.79 Å². The molecule has 0 bridgehead atoms. The number of ether oxygens (including phenoxy) is 1. The molecule has 0 unspecified atom stereocenters. The fourth-order valence-electron chi connectivity index (χ4n) is 2.91. The van der Waals surface area contributed by atoms with Crippen LogP contribution in [-0.4, -0.2) is 41.2 Å². The van der Waals surface area contributed by atoms with Crippen molar-refractivity contribution in [3.05, 3.63) is 40.6 Å². The molecule has 0 fully saturated rings. The normalized spacial score (nSPS) is 13.6. The number of aromatic nitrogens is 2. The second-order valence-electron chi connectivity index (χ2n) is 5.46. The molecule has 0 radical (unpaired) electrons. The lowest BCUT2D eigenvalue weighted by Crippen LogP contribution is -2.11. The van der Waals surface area contributed by atoms with Crippen LogP contribution in [-0.2, 0) is 11.9 Å². The van der Waals surface area contributed by atoms with Crippen molar-refractivity contribution in [2.45, 2.75) is 18.2 Å². The van der Waals surface area contributed by atoms with Gasteiger partial charge in [0.15, 0.2) is 5.78 Å². The van der Waals surface area contributed by atoms with Crippen molar-refractivity contribution in [2.24, 2.45) is 12.2 Å². The van der Waals surface area contributed by atoms with Crippen LogP contribution >= 0.6 is 11.8 Å². The summed E-state index contributed by atoms with van der Waals surface area (Å²) in [5, 5.41) is 8.26. The van der Waals surface area contributed by atoms with Crippen LogP contribution in [0.3, 0.4) is 0 Å². The van der Waals surface area contributed by atoms with E-state index >= 15 is 0 Å². The standard InChI is InChI=1S/C17H19N3O3S/c1-10-11(16(21)12-9-18-20(2)17(12)22-3)5-6-14(24-4)15(10)13-7-8-23-19-13/h5-6,9H,7-8H2,1-4H3. The molecule has 0 aliphatic carbocycles. The van der Waals surface area contributed by atoms with E-state index < -0.39 is 0 Å². The minimum absolute atomic E-state index is 0.106. The Labute approximate surface area is 144 Å². The topological polar surface area (TPSA) is 65.7 Å². The van der Waals surface area contributed by atoms with Gasteiger partial charge in [0.1, 0.15) is 12.2 Å². The molecule has 0 amide bonds. The first kappa shape index (κ1) is 16.6. The Hall–Kier alpha value is -2.28. The zero-order chi connectivity index (χ0) is 17.3. The quantitative estimate of drug-likeness (QED) is 0.616. The first-order valence-corrected chi connectivity index (χ1v) is 8.78. The number of oxime groups is 1. The van der Waals surface area contributed by atoms with E-state index in [-0.39, 0.29) is 5.78 Å². The summed E-state index contributed by atoms with van der Waals surface area (Å²) in [5.41, 5.74) is 3.87. The van der Waals surface area contributed by atoms with Crippen molar-refractivity contribution < 1.29 is 14.4 Å². The zero-order valence-electron chi connectivity index (χ0n) is 14.1. The summed E-state index contributed by atoms with van der Waals surface area (Å²) in [6.45, 7) is 2.53. The van der Waals surface area contributed by atoms with Crippen molar-refractivity contribution in [1.29, 1.82) is 0 Å². The number of nitrogens with zero attached hydrogens (tertiary/aromatic N) is 3. The van der Waals surface area contributed by atoms with E-state index in [1.54, 1.807) is 29.7 Å². The molecule has 6 nitrogen and oxygen atoms in total. The Bertz CT molecular complexity index is 827. The summed E-state index contributed by atoms with van der Waals surface area (Å²) in [4.78, 5) is 19.3. The zero-order valence-corrected chi connectivity index (χ0v) is 14.9. The molecule has 126 valence electrons. The maximum atomic E-state index is 13.0. The van der Waals surface area contributed by atoms with Gasteiger partial charge >= 0.3 is 0 Å². The summed E-state index contributed by atoms with van der Waals surface area (Å²) in [6, 6.07) is 3.82. The third-order valence-electron chi connectivity index (χ3n) is 4.11. The average molecular weight is 345 g/mol. The lowest BCUT2D eigenvalue weighted by atomic mass is 9.93. The fourth-order valence-corrected chi connectivity index (χ4v) is 3.59. The molecule has 7 heteroatoms. The Kier molecular flexibility index (Phi) is 4.62. The second-order valence-corrected chi connectivity index (χ2v) is 6.30. The minimum Gasteiger partial charge on any atom is -0.481 e. The van der Waals surface area contributed by atoms with Crippen LogP contribution in [0.5, 0.6) is 5.88 Å². The number of rotatable bonds is 5. The number of benzene rings is 1. The van der Waals surface area contributed by atoms with E-state index in [0.717, 1.165) is 28.2 Å². The number of methoxy groups -OCH3 is 1. The molecule has 2 heterocycles. The molecule has 1 aromatic heterocycles. The van der Waals surface area contributed by atoms with E-state index in [1.165, 1.54) is 7.11 Å².